The molecule has 3 saturated carbocycles. The van der Waals surface area contributed by atoms with E-state index < -0.39 is 0 Å². The number of aromatic nitrogens is 6. The minimum Gasteiger partial charge on any atom is -0.494 e. The maximum absolute atomic E-state index is 5.79. The van der Waals surface area contributed by atoms with Gasteiger partial charge in [-0.2, -0.15) is 0 Å². The molecular weight excluding hydrogens is 997 g/mol. The molecule has 9 heteroatoms. The monoisotopic (exact) mass is 1100 g/mol. The van der Waals surface area contributed by atoms with Crippen LogP contribution in [0.2, 0.25) is 0 Å². The lowest BCUT2D eigenvalue weighted by atomic mass is 9.78. The number of hydrogen-bond donors (Lipinski definition) is 0. The summed E-state index contributed by atoms with van der Waals surface area (Å²) in [6.45, 7) is 15.9. The van der Waals surface area contributed by atoms with Crippen molar-refractivity contribution in [3.8, 4) is 51.4 Å². The van der Waals surface area contributed by atoms with Crippen LogP contribution >= 0.6 is 0 Å². The average Bonchev–Trinajstić information content (AvgIpc) is 3.53. The van der Waals surface area contributed by atoms with E-state index in [0.29, 0.717) is 17.8 Å². The standard InChI is InChI=1S/C25H36N2O.C24H34N2O.C23H32N2O/c1-3-5-7-17-28-24-15-13-22(14-16-24)25-26-18-23(19-27-25)21-11-9-20(10-12-21)8-6-4-2;1-3-5-6-16-27-23-14-12-21(13-15-23)24-25-17-22(18-26-24)20-10-8-19(7-4-2)9-11-20;1-3-5-6-15-26-22-13-11-20(12-14-22)23-24-16-21(17-25-23)19-9-7-18(4-2)8-10-19/h13-16,18-21H,3-12,17H2,1-2H3;12-15,17-20H,3-11,16H2,1-2H3;11-14,16-19H,3-10,15H2,1-2H3. The highest BCUT2D eigenvalue weighted by Gasteiger charge is 2.25. The number of benzene rings is 3. The molecule has 3 aliphatic rings. The molecule has 0 radical (unpaired) electrons. The molecule has 3 aromatic heterocycles. The van der Waals surface area contributed by atoms with Gasteiger partial charge in [0.05, 0.1) is 19.8 Å². The van der Waals surface area contributed by atoms with E-state index in [4.69, 9.17) is 14.2 Å². The summed E-state index contributed by atoms with van der Waals surface area (Å²) >= 11 is 0. The molecule has 0 spiro atoms. The maximum atomic E-state index is 5.79. The highest BCUT2D eigenvalue weighted by Crippen LogP contribution is 2.40. The van der Waals surface area contributed by atoms with Crippen LogP contribution in [0.5, 0.6) is 17.2 Å². The quantitative estimate of drug-likeness (QED) is 0.0466. The van der Waals surface area contributed by atoms with Gasteiger partial charge in [0.2, 0.25) is 0 Å². The van der Waals surface area contributed by atoms with E-state index >= 15 is 0 Å². The van der Waals surface area contributed by atoms with E-state index in [0.717, 1.165) is 108 Å². The van der Waals surface area contributed by atoms with Gasteiger partial charge < -0.3 is 14.2 Å². The third-order valence-electron chi connectivity index (χ3n) is 17.6. The molecule has 0 bridgehead atoms. The van der Waals surface area contributed by atoms with E-state index in [2.05, 4.69) is 120 Å². The summed E-state index contributed by atoms with van der Waals surface area (Å²) in [6, 6.07) is 24.5. The van der Waals surface area contributed by atoms with Crippen molar-refractivity contribution >= 4 is 0 Å². The smallest absolute Gasteiger partial charge is 0.159 e. The van der Waals surface area contributed by atoms with Crippen LogP contribution in [0.15, 0.2) is 110 Å². The van der Waals surface area contributed by atoms with Crippen LogP contribution in [-0.4, -0.2) is 49.7 Å². The van der Waals surface area contributed by atoms with Gasteiger partial charge in [0, 0.05) is 53.9 Å². The van der Waals surface area contributed by atoms with Crippen LogP contribution in [0.3, 0.4) is 0 Å². The maximum Gasteiger partial charge on any atom is 0.159 e. The van der Waals surface area contributed by atoms with Crippen molar-refractivity contribution in [1.29, 1.82) is 0 Å². The summed E-state index contributed by atoms with van der Waals surface area (Å²) in [4.78, 5) is 27.9. The fraction of sp³-hybridized carbons (Fsp3) is 0.583. The summed E-state index contributed by atoms with van der Waals surface area (Å²) in [7, 11) is 0. The van der Waals surface area contributed by atoms with Crippen molar-refractivity contribution in [3.63, 3.8) is 0 Å². The summed E-state index contributed by atoms with van der Waals surface area (Å²) in [5.74, 6) is 9.92. The molecule has 6 aromatic rings. The van der Waals surface area contributed by atoms with Crippen LogP contribution < -0.4 is 14.2 Å². The van der Waals surface area contributed by atoms with E-state index in [1.54, 1.807) is 0 Å². The Bertz CT molecular complexity index is 2550. The topological polar surface area (TPSA) is 105 Å². The molecule has 3 aromatic carbocycles. The number of unbranched alkanes of at least 4 members (excludes halogenated alkanes) is 7. The molecule has 81 heavy (non-hydrogen) atoms. The van der Waals surface area contributed by atoms with Crippen molar-refractivity contribution in [2.75, 3.05) is 19.8 Å². The molecule has 0 N–H and O–H groups in total. The Morgan fingerprint density at radius 2 is 0.593 bits per heavy atom. The first kappa shape index (κ1) is 62.9. The summed E-state index contributed by atoms with van der Waals surface area (Å²) in [5.41, 5.74) is 7.08. The van der Waals surface area contributed by atoms with Gasteiger partial charge in [-0.25, -0.2) is 29.9 Å². The highest BCUT2D eigenvalue weighted by atomic mass is 16.5. The minimum absolute atomic E-state index is 0.644. The average molecular weight is 1100 g/mol. The third-order valence-corrected chi connectivity index (χ3v) is 17.6. The lowest BCUT2D eigenvalue weighted by Gasteiger charge is -2.28. The van der Waals surface area contributed by atoms with Crippen molar-refractivity contribution in [2.24, 2.45) is 17.8 Å². The first-order valence-corrected chi connectivity index (χ1v) is 32.5. The Kier molecular flexibility index (Phi) is 28.0. The number of hydrogen-bond acceptors (Lipinski definition) is 9. The predicted octanol–water partition coefficient (Wildman–Crippen LogP) is 20.4. The molecule has 9 rings (SSSR count). The van der Waals surface area contributed by atoms with Gasteiger partial charge in [-0.05, 0) is 221 Å². The zero-order valence-electron chi connectivity index (χ0n) is 51.0. The van der Waals surface area contributed by atoms with Crippen LogP contribution in [0, 0.1) is 17.8 Å². The highest BCUT2D eigenvalue weighted by molar-refractivity contribution is 5.58. The number of ether oxygens (including phenoxy) is 3. The van der Waals surface area contributed by atoms with E-state index in [-0.39, 0.29) is 0 Å². The first-order chi connectivity index (χ1) is 39.9. The van der Waals surface area contributed by atoms with Crippen molar-refractivity contribution in [1.82, 2.24) is 29.9 Å². The Morgan fingerprint density at radius 3 is 0.864 bits per heavy atom. The summed E-state index contributed by atoms with van der Waals surface area (Å²) < 4.78 is 17.3. The van der Waals surface area contributed by atoms with Crippen molar-refractivity contribution < 1.29 is 14.2 Å². The third kappa shape index (κ3) is 21.2. The fourth-order valence-corrected chi connectivity index (χ4v) is 12.2. The molecule has 3 fully saturated rings. The molecular formula is C72H102N6O3. The summed E-state index contributed by atoms with van der Waals surface area (Å²) in [5, 5.41) is 0. The molecule has 0 amide bonds. The molecule has 9 nitrogen and oxygen atoms in total. The lowest BCUT2D eigenvalue weighted by Crippen LogP contribution is -2.13. The molecule has 0 unspecified atom stereocenters. The lowest BCUT2D eigenvalue weighted by molar-refractivity contribution is 0.304. The Morgan fingerprint density at radius 1 is 0.309 bits per heavy atom. The number of rotatable bonds is 27. The first-order valence-electron chi connectivity index (χ1n) is 32.5. The van der Waals surface area contributed by atoms with Gasteiger partial charge in [0.25, 0.3) is 0 Å². The zero-order valence-corrected chi connectivity index (χ0v) is 51.0. The minimum atomic E-state index is 0.644. The second-order valence-electron chi connectivity index (χ2n) is 23.8. The van der Waals surface area contributed by atoms with Crippen LogP contribution in [0.25, 0.3) is 34.2 Å². The molecule has 0 saturated heterocycles. The van der Waals surface area contributed by atoms with Crippen LogP contribution in [0.1, 0.15) is 249 Å². The predicted molar refractivity (Wildman–Crippen MR) is 336 cm³/mol. The normalized spacial score (nSPS) is 19.8. The van der Waals surface area contributed by atoms with Gasteiger partial charge in [-0.15, -0.1) is 0 Å². The van der Waals surface area contributed by atoms with Gasteiger partial charge >= 0.3 is 0 Å². The molecule has 0 atom stereocenters. The second kappa shape index (κ2) is 36.0. The largest absolute Gasteiger partial charge is 0.494 e. The SMILES string of the molecule is CCCCCOc1ccc(-c2ncc(C3CCC(CC)CC3)cn2)cc1.CCCCCOc1ccc(-c2ncc(C3CCC(CCC)CC3)cn2)cc1.CCCCCOc1ccc(-c2ncc(C3CCC(CCCC)CC3)cn2)cc1. The molecule has 438 valence electrons. The van der Waals surface area contributed by atoms with Gasteiger partial charge in [-0.3, -0.25) is 0 Å². The molecule has 3 aliphatic carbocycles. The zero-order chi connectivity index (χ0) is 56.7. The van der Waals surface area contributed by atoms with Crippen LogP contribution in [-0.2, 0) is 0 Å². The summed E-state index contributed by atoms with van der Waals surface area (Å²) in [6.07, 6.45) is 46.9. The van der Waals surface area contributed by atoms with E-state index in [9.17, 15) is 0 Å². The van der Waals surface area contributed by atoms with E-state index in [1.807, 2.05) is 61.2 Å². The Labute approximate surface area is 490 Å². The van der Waals surface area contributed by atoms with Gasteiger partial charge in [0.1, 0.15) is 17.2 Å². The van der Waals surface area contributed by atoms with Gasteiger partial charge in [-0.1, -0.05) is 119 Å². The molecule has 3 heterocycles. The van der Waals surface area contributed by atoms with Crippen molar-refractivity contribution in [3.05, 3.63) is 127 Å². The van der Waals surface area contributed by atoms with Crippen LogP contribution in [0.4, 0.5) is 0 Å². The van der Waals surface area contributed by atoms with Gasteiger partial charge in [0.15, 0.2) is 17.5 Å². The van der Waals surface area contributed by atoms with E-state index in [1.165, 1.54) is 171 Å². The second-order valence-corrected chi connectivity index (χ2v) is 23.8. The van der Waals surface area contributed by atoms with Crippen molar-refractivity contribution in [2.45, 2.75) is 233 Å². The molecule has 0 aliphatic heterocycles. The Hall–Kier alpha value is -5.70. The fourth-order valence-electron chi connectivity index (χ4n) is 12.2. The Balaban J connectivity index is 0.000000175. The number of nitrogens with zero attached hydrogens (tertiary/aromatic N) is 6.